The Bertz CT molecular complexity index is 562. The summed E-state index contributed by atoms with van der Waals surface area (Å²) < 4.78 is 42.2. The van der Waals surface area contributed by atoms with E-state index in [0.717, 1.165) is 0 Å². The number of hydrogen-bond acceptors (Lipinski definition) is 4. The Hall–Kier alpha value is -1.96. The average molecular weight is 309 g/mol. The molecule has 20 heavy (non-hydrogen) atoms. The number of carboxylic acids is 1. The first-order valence-electron chi connectivity index (χ1n) is 5.36. The Labute approximate surface area is 116 Å². The largest absolute Gasteiger partial charge is 0.480 e. The first-order valence-corrected chi connectivity index (χ1v) is 5.73. The van der Waals surface area contributed by atoms with E-state index < -0.39 is 30.7 Å². The lowest BCUT2D eigenvalue weighted by Gasteiger charge is -2.31. The van der Waals surface area contributed by atoms with Crippen molar-refractivity contribution in [2.75, 3.05) is 11.6 Å². The summed E-state index contributed by atoms with van der Waals surface area (Å²) in [7, 11) is 0. The zero-order valence-corrected chi connectivity index (χ0v) is 10.5. The minimum atomic E-state index is -4.80. The SMILES string of the molecule is O=C(O)C1COC(C(F)(F)F)=NN1c1ccccc1Cl. The molecule has 108 valence electrons. The monoisotopic (exact) mass is 308 g/mol. The van der Waals surface area contributed by atoms with Crippen LogP contribution < -0.4 is 5.01 Å². The molecule has 1 aliphatic heterocycles. The van der Waals surface area contributed by atoms with Crippen molar-refractivity contribution < 1.29 is 27.8 Å². The molecule has 0 amide bonds. The number of halogens is 4. The molecule has 1 unspecified atom stereocenters. The van der Waals surface area contributed by atoms with Crippen LogP contribution in [0.25, 0.3) is 0 Å². The fourth-order valence-corrected chi connectivity index (χ4v) is 1.82. The van der Waals surface area contributed by atoms with Crippen molar-refractivity contribution in [2.45, 2.75) is 12.2 Å². The molecule has 0 bridgehead atoms. The molecule has 0 fully saturated rings. The van der Waals surface area contributed by atoms with E-state index in [1.165, 1.54) is 18.2 Å². The van der Waals surface area contributed by atoms with Crippen LogP contribution in [0.4, 0.5) is 18.9 Å². The van der Waals surface area contributed by atoms with E-state index in [9.17, 15) is 18.0 Å². The molecule has 0 aliphatic carbocycles. The van der Waals surface area contributed by atoms with Crippen LogP contribution in [0.5, 0.6) is 0 Å². The van der Waals surface area contributed by atoms with E-state index in [1.807, 2.05) is 0 Å². The van der Waals surface area contributed by atoms with E-state index in [4.69, 9.17) is 16.7 Å². The van der Waals surface area contributed by atoms with Gasteiger partial charge in [-0.3, -0.25) is 0 Å². The molecule has 0 spiro atoms. The summed E-state index contributed by atoms with van der Waals surface area (Å²) in [4.78, 5) is 11.1. The third-order valence-corrected chi connectivity index (χ3v) is 2.82. The highest BCUT2D eigenvalue weighted by Gasteiger charge is 2.44. The molecule has 1 atom stereocenters. The van der Waals surface area contributed by atoms with Gasteiger partial charge in [0.15, 0.2) is 6.04 Å². The number of para-hydroxylation sites is 1. The summed E-state index contributed by atoms with van der Waals surface area (Å²) in [6.45, 7) is -0.682. The summed E-state index contributed by atoms with van der Waals surface area (Å²) in [5.74, 6) is -2.87. The van der Waals surface area contributed by atoms with Crippen LogP contribution >= 0.6 is 11.6 Å². The molecule has 1 aromatic rings. The van der Waals surface area contributed by atoms with Crippen molar-refractivity contribution in [2.24, 2.45) is 5.10 Å². The maximum atomic E-state index is 12.6. The van der Waals surface area contributed by atoms with Crippen LogP contribution in [0.15, 0.2) is 29.4 Å². The minimum Gasteiger partial charge on any atom is -0.480 e. The van der Waals surface area contributed by atoms with Crippen molar-refractivity contribution in [3.8, 4) is 0 Å². The number of aliphatic carboxylic acids is 1. The molecule has 9 heteroatoms. The maximum absolute atomic E-state index is 12.6. The smallest absolute Gasteiger partial charge is 0.470 e. The van der Waals surface area contributed by atoms with E-state index in [2.05, 4.69) is 9.84 Å². The van der Waals surface area contributed by atoms with Gasteiger partial charge in [-0.1, -0.05) is 23.7 Å². The summed E-state index contributed by atoms with van der Waals surface area (Å²) in [5.41, 5.74) is 0.0617. The van der Waals surface area contributed by atoms with E-state index in [-0.39, 0.29) is 10.7 Å². The quantitative estimate of drug-likeness (QED) is 0.912. The molecule has 1 aliphatic rings. The van der Waals surface area contributed by atoms with Gasteiger partial charge in [0.25, 0.3) is 0 Å². The first kappa shape index (κ1) is 14.4. The van der Waals surface area contributed by atoms with Gasteiger partial charge < -0.3 is 9.84 Å². The summed E-state index contributed by atoms with van der Waals surface area (Å²) in [5, 5.41) is 13.1. The lowest BCUT2D eigenvalue weighted by Crippen LogP contribution is -2.48. The van der Waals surface area contributed by atoms with Gasteiger partial charge in [0.1, 0.15) is 6.61 Å². The number of nitrogens with zero attached hydrogens (tertiary/aromatic N) is 2. The fourth-order valence-electron chi connectivity index (χ4n) is 1.60. The number of hydrazone groups is 1. The van der Waals surface area contributed by atoms with Crippen LogP contribution in [-0.2, 0) is 9.53 Å². The molecule has 0 saturated heterocycles. The molecule has 1 aromatic carbocycles. The minimum absolute atomic E-state index is 0.0617. The van der Waals surface area contributed by atoms with Crippen LogP contribution in [0.3, 0.4) is 0 Å². The molecule has 0 aromatic heterocycles. The predicted molar refractivity (Wildman–Crippen MR) is 64.8 cm³/mol. The van der Waals surface area contributed by atoms with Crippen molar-refractivity contribution >= 4 is 29.2 Å². The van der Waals surface area contributed by atoms with Crippen LogP contribution in [0, 0.1) is 0 Å². The molecular formula is C11H8ClF3N2O3. The van der Waals surface area contributed by atoms with Gasteiger partial charge in [0, 0.05) is 0 Å². The lowest BCUT2D eigenvalue weighted by atomic mass is 10.2. The molecular weight excluding hydrogens is 301 g/mol. The van der Waals surface area contributed by atoms with Crippen molar-refractivity contribution in [1.29, 1.82) is 0 Å². The lowest BCUT2D eigenvalue weighted by molar-refractivity contribution is -0.140. The number of benzene rings is 1. The van der Waals surface area contributed by atoms with Gasteiger partial charge in [0.05, 0.1) is 10.7 Å². The highest BCUT2D eigenvalue weighted by Crippen LogP contribution is 2.31. The number of alkyl halides is 3. The van der Waals surface area contributed by atoms with Crippen LogP contribution in [0.1, 0.15) is 0 Å². The number of carboxylic acid groups (broad SMARTS) is 1. The Morgan fingerprint density at radius 3 is 2.65 bits per heavy atom. The average Bonchev–Trinajstić information content (AvgIpc) is 2.37. The summed E-state index contributed by atoms with van der Waals surface area (Å²) in [6, 6.07) is 4.49. The van der Waals surface area contributed by atoms with Gasteiger partial charge in [-0.15, -0.1) is 5.10 Å². The Morgan fingerprint density at radius 1 is 1.45 bits per heavy atom. The van der Waals surface area contributed by atoms with Crippen molar-refractivity contribution in [3.63, 3.8) is 0 Å². The van der Waals surface area contributed by atoms with Crippen molar-refractivity contribution in [3.05, 3.63) is 29.3 Å². The Kier molecular flexibility index (Phi) is 3.76. The standard InChI is InChI=1S/C11H8ClF3N2O3/c12-6-3-1-2-4-7(6)17-8(9(18)19)5-20-10(16-17)11(13,14)15/h1-4,8H,5H2,(H,18,19). The predicted octanol–water partition coefficient (Wildman–Crippen LogP) is 2.51. The Morgan fingerprint density at radius 2 is 2.10 bits per heavy atom. The summed E-state index contributed by atoms with van der Waals surface area (Å²) >= 11 is 5.86. The summed E-state index contributed by atoms with van der Waals surface area (Å²) in [6.07, 6.45) is -4.80. The number of ether oxygens (including phenoxy) is 1. The second-order valence-electron chi connectivity index (χ2n) is 3.86. The fraction of sp³-hybridized carbons (Fsp3) is 0.273. The highest BCUT2D eigenvalue weighted by atomic mass is 35.5. The number of hydrogen-bond donors (Lipinski definition) is 1. The Balaban J connectivity index is 2.48. The molecule has 0 saturated carbocycles. The molecule has 1 N–H and O–H groups in total. The number of carbonyl (C=O) groups is 1. The van der Waals surface area contributed by atoms with E-state index in [0.29, 0.717) is 5.01 Å². The maximum Gasteiger partial charge on any atom is 0.470 e. The first-order chi connectivity index (χ1) is 9.30. The second-order valence-corrected chi connectivity index (χ2v) is 4.27. The van der Waals surface area contributed by atoms with Crippen molar-refractivity contribution in [1.82, 2.24) is 0 Å². The molecule has 2 rings (SSSR count). The van der Waals surface area contributed by atoms with Gasteiger partial charge in [-0.25, -0.2) is 9.80 Å². The van der Waals surface area contributed by atoms with Gasteiger partial charge >= 0.3 is 18.0 Å². The number of rotatable bonds is 2. The second kappa shape index (κ2) is 5.20. The third kappa shape index (κ3) is 2.79. The highest BCUT2D eigenvalue weighted by molar-refractivity contribution is 6.33. The molecule has 5 nitrogen and oxygen atoms in total. The number of anilines is 1. The topological polar surface area (TPSA) is 62.1 Å². The zero-order valence-electron chi connectivity index (χ0n) is 9.76. The zero-order chi connectivity index (χ0) is 14.9. The normalized spacial score (nSPS) is 19.3. The molecule has 1 heterocycles. The van der Waals surface area contributed by atoms with Crippen LogP contribution in [0.2, 0.25) is 5.02 Å². The van der Waals surface area contributed by atoms with E-state index in [1.54, 1.807) is 6.07 Å². The van der Waals surface area contributed by atoms with E-state index >= 15 is 0 Å². The molecule has 0 radical (unpaired) electrons. The van der Waals surface area contributed by atoms with Gasteiger partial charge in [0.2, 0.25) is 0 Å². The third-order valence-electron chi connectivity index (χ3n) is 2.50. The van der Waals surface area contributed by atoms with Crippen LogP contribution in [-0.4, -0.2) is 35.8 Å². The van der Waals surface area contributed by atoms with Gasteiger partial charge in [-0.05, 0) is 12.1 Å². The van der Waals surface area contributed by atoms with Gasteiger partial charge in [-0.2, -0.15) is 13.2 Å².